The van der Waals surface area contributed by atoms with E-state index in [0.717, 1.165) is 17.3 Å². The number of hydrogen-bond acceptors (Lipinski definition) is 4. The first-order valence-corrected chi connectivity index (χ1v) is 7.86. The Hall–Kier alpha value is -3.09. The Balaban J connectivity index is 1.84. The molecule has 0 saturated heterocycles. The van der Waals surface area contributed by atoms with Gasteiger partial charge in [0.05, 0.1) is 0 Å². The highest BCUT2D eigenvalue weighted by Gasteiger charge is 2.36. The molecule has 3 rings (SSSR count). The molecule has 0 fully saturated rings. The summed E-state index contributed by atoms with van der Waals surface area (Å²) < 4.78 is 44.9. The van der Waals surface area contributed by atoms with Crippen molar-refractivity contribution in [2.75, 3.05) is 5.32 Å². The number of aromatic nitrogens is 2. The van der Waals surface area contributed by atoms with Gasteiger partial charge in [-0.2, -0.15) is 18.2 Å². The first kappa shape index (κ1) is 17.7. The molecule has 0 amide bonds. The summed E-state index contributed by atoms with van der Waals surface area (Å²) in [6.07, 6.45) is -3.88. The first-order valence-electron chi connectivity index (χ1n) is 7.86. The lowest BCUT2D eigenvalue weighted by Gasteiger charge is -2.14. The van der Waals surface area contributed by atoms with Gasteiger partial charge in [-0.15, -0.1) is 0 Å². The average molecular weight is 359 g/mol. The number of benzene rings is 2. The zero-order valence-corrected chi connectivity index (χ0v) is 13.9. The van der Waals surface area contributed by atoms with Gasteiger partial charge in [0, 0.05) is 11.9 Å². The van der Waals surface area contributed by atoms with E-state index in [-0.39, 0.29) is 12.6 Å². The smallest absolute Gasteiger partial charge is 0.423 e. The van der Waals surface area contributed by atoms with Crippen LogP contribution in [0.5, 0.6) is 5.88 Å². The maximum atomic E-state index is 13.2. The largest absolute Gasteiger partial charge is 0.472 e. The van der Waals surface area contributed by atoms with E-state index in [1.807, 2.05) is 25.1 Å². The van der Waals surface area contributed by atoms with Gasteiger partial charge in [0.1, 0.15) is 12.2 Å². The normalized spacial score (nSPS) is 11.2. The maximum absolute atomic E-state index is 13.2. The third-order valence-corrected chi connectivity index (χ3v) is 3.59. The summed E-state index contributed by atoms with van der Waals surface area (Å²) in [4.78, 5) is 7.66. The van der Waals surface area contributed by atoms with Crippen molar-refractivity contribution in [3.05, 3.63) is 77.5 Å². The number of alkyl halides is 3. The molecular weight excluding hydrogens is 343 g/mol. The Labute approximate surface area is 148 Å². The minimum absolute atomic E-state index is 0.0229. The van der Waals surface area contributed by atoms with Gasteiger partial charge in [0.15, 0.2) is 0 Å². The molecule has 1 aromatic heterocycles. The van der Waals surface area contributed by atoms with Crippen molar-refractivity contribution in [3.63, 3.8) is 0 Å². The van der Waals surface area contributed by atoms with E-state index in [4.69, 9.17) is 4.74 Å². The third-order valence-electron chi connectivity index (χ3n) is 3.59. The lowest BCUT2D eigenvalue weighted by Crippen LogP contribution is -2.12. The van der Waals surface area contributed by atoms with Gasteiger partial charge in [-0.25, -0.2) is 4.98 Å². The van der Waals surface area contributed by atoms with E-state index >= 15 is 0 Å². The Morgan fingerprint density at radius 2 is 1.69 bits per heavy atom. The van der Waals surface area contributed by atoms with Gasteiger partial charge in [0.2, 0.25) is 11.8 Å². The quantitative estimate of drug-likeness (QED) is 0.686. The molecule has 1 N–H and O–H groups in total. The van der Waals surface area contributed by atoms with Crippen molar-refractivity contribution in [3.8, 4) is 5.88 Å². The second-order valence-electron chi connectivity index (χ2n) is 5.68. The molecule has 0 aliphatic carbocycles. The highest BCUT2D eigenvalue weighted by Crippen LogP contribution is 2.35. The number of hydrogen-bond donors (Lipinski definition) is 1. The van der Waals surface area contributed by atoms with Crippen molar-refractivity contribution in [2.45, 2.75) is 19.7 Å². The van der Waals surface area contributed by atoms with E-state index in [0.29, 0.717) is 5.69 Å². The lowest BCUT2D eigenvalue weighted by atomic mass is 10.2. The van der Waals surface area contributed by atoms with Gasteiger partial charge in [-0.3, -0.25) is 0 Å². The molecule has 0 saturated carbocycles. The van der Waals surface area contributed by atoms with Crippen LogP contribution in [0, 0.1) is 6.92 Å². The average Bonchev–Trinajstić information content (AvgIpc) is 2.62. The standard InChI is InChI=1S/C19H16F3N3O/c1-13-7-9-15(10-8-13)24-18-23-11-16(19(20,21)22)17(25-18)26-12-14-5-3-2-4-6-14/h2-11H,12H2,1H3,(H,23,24,25). The van der Waals surface area contributed by atoms with Crippen LogP contribution in [0.2, 0.25) is 0 Å². The highest BCUT2D eigenvalue weighted by molar-refractivity contribution is 5.54. The molecule has 3 aromatic rings. The zero-order chi connectivity index (χ0) is 18.6. The van der Waals surface area contributed by atoms with Gasteiger partial charge >= 0.3 is 6.18 Å². The van der Waals surface area contributed by atoms with E-state index in [9.17, 15) is 13.2 Å². The molecule has 0 bridgehead atoms. The monoisotopic (exact) mass is 359 g/mol. The molecule has 7 heteroatoms. The lowest BCUT2D eigenvalue weighted by molar-refractivity contribution is -0.139. The Kier molecular flexibility index (Phi) is 5.06. The Morgan fingerprint density at radius 3 is 2.35 bits per heavy atom. The Bertz CT molecular complexity index is 865. The fourth-order valence-electron chi connectivity index (χ4n) is 2.22. The summed E-state index contributed by atoms with van der Waals surface area (Å²) in [7, 11) is 0. The number of rotatable bonds is 5. The summed E-state index contributed by atoms with van der Waals surface area (Å²) in [5.74, 6) is -0.476. The first-order chi connectivity index (χ1) is 12.4. The predicted molar refractivity (Wildman–Crippen MR) is 92.3 cm³/mol. The van der Waals surface area contributed by atoms with Crippen molar-refractivity contribution in [1.29, 1.82) is 0 Å². The second-order valence-corrected chi connectivity index (χ2v) is 5.68. The second kappa shape index (κ2) is 7.43. The SMILES string of the molecule is Cc1ccc(Nc2ncc(C(F)(F)F)c(OCc3ccccc3)n2)cc1. The van der Waals surface area contributed by atoms with Crippen LogP contribution in [-0.2, 0) is 12.8 Å². The number of ether oxygens (including phenoxy) is 1. The summed E-state index contributed by atoms with van der Waals surface area (Å²) in [5.41, 5.74) is 1.47. The summed E-state index contributed by atoms with van der Waals surface area (Å²) in [5, 5.41) is 2.88. The molecule has 0 aliphatic heterocycles. The molecule has 0 atom stereocenters. The third kappa shape index (κ3) is 4.50. The zero-order valence-electron chi connectivity index (χ0n) is 13.9. The number of anilines is 2. The van der Waals surface area contributed by atoms with Crippen LogP contribution >= 0.6 is 0 Å². The van der Waals surface area contributed by atoms with Crippen molar-refractivity contribution in [1.82, 2.24) is 9.97 Å². The summed E-state index contributed by atoms with van der Waals surface area (Å²) in [6.45, 7) is 1.92. The van der Waals surface area contributed by atoms with Crippen LogP contribution in [0.4, 0.5) is 24.8 Å². The number of aryl methyl sites for hydroxylation is 1. The van der Waals surface area contributed by atoms with E-state index < -0.39 is 17.6 Å². The van der Waals surface area contributed by atoms with Crippen LogP contribution in [0.25, 0.3) is 0 Å². The molecule has 0 aliphatic rings. The number of nitrogens with one attached hydrogen (secondary N) is 1. The van der Waals surface area contributed by atoms with Gasteiger partial charge in [-0.1, -0.05) is 48.0 Å². The molecule has 26 heavy (non-hydrogen) atoms. The van der Waals surface area contributed by atoms with E-state index in [1.54, 1.807) is 36.4 Å². The van der Waals surface area contributed by atoms with Crippen LogP contribution in [-0.4, -0.2) is 9.97 Å². The van der Waals surface area contributed by atoms with Crippen LogP contribution in [0.1, 0.15) is 16.7 Å². The van der Waals surface area contributed by atoms with Crippen molar-refractivity contribution < 1.29 is 17.9 Å². The van der Waals surface area contributed by atoms with Crippen LogP contribution < -0.4 is 10.1 Å². The van der Waals surface area contributed by atoms with Crippen LogP contribution in [0.3, 0.4) is 0 Å². The molecule has 2 aromatic carbocycles. The van der Waals surface area contributed by atoms with Gasteiger partial charge in [0.25, 0.3) is 0 Å². The number of halogens is 3. The molecular formula is C19H16F3N3O. The Morgan fingerprint density at radius 1 is 1.00 bits per heavy atom. The summed E-state index contributed by atoms with van der Waals surface area (Å²) in [6, 6.07) is 16.3. The molecule has 0 unspecified atom stereocenters. The molecule has 0 spiro atoms. The minimum Gasteiger partial charge on any atom is -0.472 e. The van der Waals surface area contributed by atoms with Gasteiger partial charge in [-0.05, 0) is 24.6 Å². The maximum Gasteiger partial charge on any atom is 0.423 e. The fraction of sp³-hybridized carbons (Fsp3) is 0.158. The fourth-order valence-corrected chi connectivity index (χ4v) is 2.22. The number of nitrogens with zero attached hydrogens (tertiary/aromatic N) is 2. The van der Waals surface area contributed by atoms with E-state index in [2.05, 4.69) is 15.3 Å². The molecule has 0 radical (unpaired) electrons. The van der Waals surface area contributed by atoms with Crippen molar-refractivity contribution in [2.24, 2.45) is 0 Å². The molecule has 4 nitrogen and oxygen atoms in total. The highest BCUT2D eigenvalue weighted by atomic mass is 19.4. The van der Waals surface area contributed by atoms with Crippen molar-refractivity contribution >= 4 is 11.6 Å². The topological polar surface area (TPSA) is 47.0 Å². The van der Waals surface area contributed by atoms with Crippen LogP contribution in [0.15, 0.2) is 60.8 Å². The molecule has 1 heterocycles. The van der Waals surface area contributed by atoms with Gasteiger partial charge < -0.3 is 10.1 Å². The summed E-state index contributed by atoms with van der Waals surface area (Å²) >= 11 is 0. The predicted octanol–water partition coefficient (Wildman–Crippen LogP) is 5.13. The minimum atomic E-state index is -4.60. The molecule has 134 valence electrons. The van der Waals surface area contributed by atoms with E-state index in [1.165, 1.54) is 0 Å².